The maximum Gasteiger partial charge on any atom is 0.325 e. The molecule has 1 aromatic carbocycles. The predicted octanol–water partition coefficient (Wildman–Crippen LogP) is 2.85. The molecule has 164 valence electrons. The van der Waals surface area contributed by atoms with Gasteiger partial charge in [0.25, 0.3) is 5.91 Å². The summed E-state index contributed by atoms with van der Waals surface area (Å²) in [4.78, 5) is 38.5. The van der Waals surface area contributed by atoms with E-state index >= 15 is 0 Å². The Hall–Kier alpha value is -2.64. The van der Waals surface area contributed by atoms with Crippen LogP contribution in [0.4, 0.5) is 9.18 Å². The highest BCUT2D eigenvalue weighted by atomic mass is 19.1. The van der Waals surface area contributed by atoms with Crippen molar-refractivity contribution in [2.75, 3.05) is 19.7 Å². The molecule has 1 aliphatic heterocycles. The van der Waals surface area contributed by atoms with Gasteiger partial charge in [0.05, 0.1) is 6.54 Å². The fourth-order valence-corrected chi connectivity index (χ4v) is 4.25. The van der Waals surface area contributed by atoms with Crippen molar-refractivity contribution in [2.24, 2.45) is 11.3 Å². The molecule has 3 rings (SSSR count). The molecule has 0 atom stereocenters. The molecule has 0 unspecified atom stereocenters. The Labute approximate surface area is 176 Å². The SMILES string of the molecule is CC(C)(C)C1CCC2(CC1)NC(=O)N(CC(=O)NCCOc1cccc(F)c1)C2=O. The van der Waals surface area contributed by atoms with Crippen molar-refractivity contribution < 1.29 is 23.5 Å². The van der Waals surface area contributed by atoms with Crippen molar-refractivity contribution in [1.82, 2.24) is 15.5 Å². The molecular formula is C22H30FN3O4. The fourth-order valence-electron chi connectivity index (χ4n) is 4.25. The maximum atomic E-state index is 13.1. The Morgan fingerprint density at radius 3 is 2.63 bits per heavy atom. The van der Waals surface area contributed by atoms with Crippen LogP contribution in [0.1, 0.15) is 46.5 Å². The number of nitrogens with zero attached hydrogens (tertiary/aromatic N) is 1. The van der Waals surface area contributed by atoms with Crippen LogP contribution in [0.2, 0.25) is 0 Å². The zero-order valence-corrected chi connectivity index (χ0v) is 17.8. The molecular weight excluding hydrogens is 389 g/mol. The van der Waals surface area contributed by atoms with Crippen molar-refractivity contribution in [3.05, 3.63) is 30.1 Å². The second-order valence-electron chi connectivity index (χ2n) is 9.20. The van der Waals surface area contributed by atoms with E-state index in [0.29, 0.717) is 24.5 Å². The number of halogens is 1. The number of urea groups is 1. The minimum absolute atomic E-state index is 0.146. The number of ether oxygens (including phenoxy) is 1. The molecule has 1 spiro atoms. The molecule has 1 heterocycles. The first kappa shape index (κ1) is 22.1. The first-order valence-electron chi connectivity index (χ1n) is 10.4. The van der Waals surface area contributed by atoms with Crippen LogP contribution in [-0.4, -0.2) is 48.0 Å². The van der Waals surface area contributed by atoms with E-state index in [1.54, 1.807) is 6.07 Å². The van der Waals surface area contributed by atoms with Crippen molar-refractivity contribution in [1.29, 1.82) is 0 Å². The van der Waals surface area contributed by atoms with Crippen LogP contribution in [0, 0.1) is 17.2 Å². The smallest absolute Gasteiger partial charge is 0.325 e. The third-order valence-corrected chi connectivity index (χ3v) is 6.10. The van der Waals surface area contributed by atoms with Gasteiger partial charge in [-0.25, -0.2) is 9.18 Å². The van der Waals surface area contributed by atoms with Gasteiger partial charge < -0.3 is 15.4 Å². The summed E-state index contributed by atoms with van der Waals surface area (Å²) in [7, 11) is 0. The third kappa shape index (κ3) is 4.91. The van der Waals surface area contributed by atoms with E-state index in [2.05, 4.69) is 31.4 Å². The first-order valence-corrected chi connectivity index (χ1v) is 10.4. The van der Waals surface area contributed by atoms with E-state index in [-0.39, 0.29) is 31.0 Å². The lowest BCUT2D eigenvalue weighted by atomic mass is 9.67. The van der Waals surface area contributed by atoms with Crippen molar-refractivity contribution in [3.8, 4) is 5.75 Å². The zero-order chi connectivity index (χ0) is 21.9. The van der Waals surface area contributed by atoms with Crippen LogP contribution in [0.15, 0.2) is 24.3 Å². The maximum absolute atomic E-state index is 13.1. The van der Waals surface area contributed by atoms with Gasteiger partial charge in [0, 0.05) is 6.07 Å². The summed E-state index contributed by atoms with van der Waals surface area (Å²) in [6, 6.07) is 5.20. The number of hydrogen-bond donors (Lipinski definition) is 2. The summed E-state index contributed by atoms with van der Waals surface area (Å²) in [5.74, 6) is -0.289. The Morgan fingerprint density at radius 2 is 2.00 bits per heavy atom. The van der Waals surface area contributed by atoms with Gasteiger partial charge in [-0.1, -0.05) is 26.8 Å². The van der Waals surface area contributed by atoms with E-state index in [9.17, 15) is 18.8 Å². The Balaban J connectivity index is 1.46. The minimum atomic E-state index is -0.875. The molecule has 2 fully saturated rings. The summed E-state index contributed by atoms with van der Waals surface area (Å²) in [6.45, 7) is 6.58. The molecule has 1 aliphatic carbocycles. The van der Waals surface area contributed by atoms with Crippen molar-refractivity contribution >= 4 is 17.8 Å². The van der Waals surface area contributed by atoms with Gasteiger partial charge in [0.2, 0.25) is 5.91 Å². The lowest BCUT2D eigenvalue weighted by Crippen LogP contribution is -2.51. The molecule has 7 nitrogen and oxygen atoms in total. The highest BCUT2D eigenvalue weighted by Gasteiger charge is 2.53. The third-order valence-electron chi connectivity index (χ3n) is 6.10. The standard InChI is InChI=1S/C22H30FN3O4/c1-21(2,3)15-7-9-22(10-8-15)19(28)26(20(29)25-22)14-18(27)24-11-12-30-17-6-4-5-16(23)13-17/h4-6,13,15H,7-12,14H2,1-3H3,(H,24,27)(H,25,29). The van der Waals surface area contributed by atoms with Gasteiger partial charge in [0.15, 0.2) is 0 Å². The molecule has 4 amide bonds. The predicted molar refractivity (Wildman–Crippen MR) is 109 cm³/mol. The summed E-state index contributed by atoms with van der Waals surface area (Å²) >= 11 is 0. The Morgan fingerprint density at radius 1 is 1.30 bits per heavy atom. The average Bonchev–Trinajstić information content (AvgIpc) is 2.89. The number of carbonyl (C=O) groups excluding carboxylic acids is 3. The minimum Gasteiger partial charge on any atom is -0.492 e. The number of carbonyl (C=O) groups is 3. The quantitative estimate of drug-likeness (QED) is 0.548. The number of nitrogens with one attached hydrogen (secondary N) is 2. The van der Waals surface area contributed by atoms with Gasteiger partial charge in [-0.05, 0) is 49.1 Å². The van der Waals surface area contributed by atoms with Gasteiger partial charge in [-0.15, -0.1) is 0 Å². The average molecular weight is 419 g/mol. The molecule has 30 heavy (non-hydrogen) atoms. The van der Waals surface area contributed by atoms with Crippen LogP contribution in [0.25, 0.3) is 0 Å². The second kappa shape index (κ2) is 8.62. The fraction of sp³-hybridized carbons (Fsp3) is 0.591. The normalized spacial score (nSPS) is 24.1. The number of hydrogen-bond acceptors (Lipinski definition) is 4. The summed E-state index contributed by atoms with van der Waals surface area (Å²) in [5.41, 5.74) is -0.708. The second-order valence-corrected chi connectivity index (χ2v) is 9.20. The molecule has 2 aliphatic rings. The van der Waals surface area contributed by atoms with Crippen LogP contribution in [0.3, 0.4) is 0 Å². The lowest BCUT2D eigenvalue weighted by molar-refractivity contribution is -0.136. The van der Waals surface area contributed by atoms with E-state index in [1.165, 1.54) is 18.2 Å². The Kier molecular flexibility index (Phi) is 6.33. The molecule has 0 bridgehead atoms. The molecule has 8 heteroatoms. The number of amides is 4. The highest BCUT2D eigenvalue weighted by Crippen LogP contribution is 2.43. The topological polar surface area (TPSA) is 87.7 Å². The zero-order valence-electron chi connectivity index (χ0n) is 17.8. The summed E-state index contributed by atoms with van der Waals surface area (Å²) < 4.78 is 18.5. The first-order chi connectivity index (χ1) is 14.1. The molecule has 2 N–H and O–H groups in total. The van der Waals surface area contributed by atoms with Gasteiger partial charge in [-0.2, -0.15) is 0 Å². The summed E-state index contributed by atoms with van der Waals surface area (Å²) in [5, 5.41) is 5.46. The number of imide groups is 1. The number of benzene rings is 1. The molecule has 1 saturated heterocycles. The molecule has 0 aromatic heterocycles. The van der Waals surface area contributed by atoms with Gasteiger partial charge in [-0.3, -0.25) is 14.5 Å². The number of rotatable bonds is 6. The van der Waals surface area contributed by atoms with E-state index in [4.69, 9.17) is 4.74 Å². The van der Waals surface area contributed by atoms with E-state index in [0.717, 1.165) is 17.7 Å². The molecule has 1 saturated carbocycles. The van der Waals surface area contributed by atoms with Crippen LogP contribution in [0.5, 0.6) is 5.75 Å². The van der Waals surface area contributed by atoms with Gasteiger partial charge in [0.1, 0.15) is 30.3 Å². The van der Waals surface area contributed by atoms with E-state index in [1.807, 2.05) is 0 Å². The lowest BCUT2D eigenvalue weighted by Gasteiger charge is -2.40. The summed E-state index contributed by atoms with van der Waals surface area (Å²) in [6.07, 6.45) is 2.93. The molecule has 0 radical (unpaired) electrons. The Bertz CT molecular complexity index is 813. The van der Waals surface area contributed by atoms with Crippen LogP contribution in [-0.2, 0) is 9.59 Å². The van der Waals surface area contributed by atoms with Crippen LogP contribution < -0.4 is 15.4 Å². The van der Waals surface area contributed by atoms with Crippen molar-refractivity contribution in [3.63, 3.8) is 0 Å². The van der Waals surface area contributed by atoms with Crippen LogP contribution >= 0.6 is 0 Å². The van der Waals surface area contributed by atoms with Crippen molar-refractivity contribution in [2.45, 2.75) is 52.0 Å². The largest absolute Gasteiger partial charge is 0.492 e. The van der Waals surface area contributed by atoms with E-state index < -0.39 is 23.3 Å². The van der Waals surface area contributed by atoms with Gasteiger partial charge >= 0.3 is 6.03 Å². The molecule has 1 aromatic rings. The monoisotopic (exact) mass is 419 g/mol. The highest BCUT2D eigenvalue weighted by molar-refractivity contribution is 6.09.